The molecule has 1 aliphatic heterocycles. The van der Waals surface area contributed by atoms with Crippen molar-refractivity contribution in [3.63, 3.8) is 0 Å². The van der Waals surface area contributed by atoms with Crippen LogP contribution in [0, 0.1) is 0 Å². The maximum Gasteiger partial charge on any atom is 0.198 e. The first-order valence-corrected chi connectivity index (χ1v) is 13.6. The fourth-order valence-electron chi connectivity index (χ4n) is 3.76. The van der Waals surface area contributed by atoms with Crippen molar-refractivity contribution in [1.82, 2.24) is 19.6 Å². The van der Waals surface area contributed by atoms with Gasteiger partial charge in [0, 0.05) is 27.1 Å². The molecule has 3 aromatic heterocycles. The molecule has 4 heterocycles. The van der Waals surface area contributed by atoms with Crippen LogP contribution in [0.25, 0.3) is 15.9 Å². The van der Waals surface area contributed by atoms with E-state index in [2.05, 4.69) is 28.4 Å². The molecule has 0 N–H and O–H groups in total. The van der Waals surface area contributed by atoms with E-state index in [0.717, 1.165) is 44.6 Å². The fraction of sp³-hybridized carbons (Fsp3) is 0.381. The van der Waals surface area contributed by atoms with E-state index in [0.29, 0.717) is 22.4 Å². The number of fused-ring (bicyclic) bond motifs is 5. The molecule has 0 saturated heterocycles. The molecule has 0 radical (unpaired) electrons. The second-order valence-electron chi connectivity index (χ2n) is 7.72. The molecule has 1 atom stereocenters. The van der Waals surface area contributed by atoms with Crippen LogP contribution in [-0.2, 0) is 23.5 Å². The predicted octanol–water partition coefficient (Wildman–Crippen LogP) is 6.90. The molecule has 0 bridgehead atoms. The first-order chi connectivity index (χ1) is 14.9. The first-order valence-electron chi connectivity index (χ1n) is 9.86. The van der Waals surface area contributed by atoms with Gasteiger partial charge >= 0.3 is 0 Å². The summed E-state index contributed by atoms with van der Waals surface area (Å²) in [6, 6.07) is 5.57. The van der Waals surface area contributed by atoms with E-state index in [1.54, 1.807) is 40.9 Å². The quantitative estimate of drug-likeness (QED) is 0.215. The molecule has 0 fully saturated rings. The number of hydrogen-bond acceptors (Lipinski definition) is 7. The van der Waals surface area contributed by atoms with E-state index in [1.165, 1.54) is 10.4 Å². The van der Waals surface area contributed by atoms with Crippen molar-refractivity contribution in [2.75, 3.05) is 6.26 Å². The Kier molecular flexibility index (Phi) is 5.90. The summed E-state index contributed by atoms with van der Waals surface area (Å²) in [7, 11) is 0. The molecule has 5 nitrogen and oxygen atoms in total. The number of thiophene rings is 1. The Balaban J connectivity index is 1.60. The average molecular weight is 512 g/mol. The zero-order chi connectivity index (χ0) is 21.8. The Morgan fingerprint density at radius 3 is 2.84 bits per heavy atom. The van der Waals surface area contributed by atoms with Gasteiger partial charge < -0.3 is 4.74 Å². The molecule has 10 heteroatoms. The number of benzene rings is 1. The fourth-order valence-corrected chi connectivity index (χ4v) is 7.00. The van der Waals surface area contributed by atoms with Gasteiger partial charge in [-0.3, -0.25) is 0 Å². The van der Waals surface area contributed by atoms with E-state index < -0.39 is 0 Å². The number of hydrogen-bond donors (Lipinski definition) is 0. The van der Waals surface area contributed by atoms with E-state index in [-0.39, 0.29) is 5.60 Å². The van der Waals surface area contributed by atoms with Crippen molar-refractivity contribution in [1.29, 1.82) is 0 Å². The van der Waals surface area contributed by atoms with Crippen molar-refractivity contribution in [2.24, 2.45) is 0 Å². The van der Waals surface area contributed by atoms with Gasteiger partial charge in [-0.15, -0.1) is 21.5 Å². The summed E-state index contributed by atoms with van der Waals surface area (Å²) in [5.74, 6) is 0.673. The van der Waals surface area contributed by atoms with Gasteiger partial charge in [0.15, 0.2) is 16.0 Å². The number of ether oxygens (including phenoxy) is 1. The third kappa shape index (κ3) is 3.85. The first kappa shape index (κ1) is 21.8. The van der Waals surface area contributed by atoms with Gasteiger partial charge in [-0.05, 0) is 42.9 Å². The normalized spacial score (nSPS) is 18.7. The lowest BCUT2D eigenvalue weighted by atomic mass is 9.90. The zero-order valence-corrected chi connectivity index (χ0v) is 21.2. The summed E-state index contributed by atoms with van der Waals surface area (Å²) in [6.45, 7) is 4.99. The number of aromatic nitrogens is 4. The minimum Gasteiger partial charge on any atom is -0.369 e. The Hall–Kier alpha value is -1.03. The molecule has 0 unspecified atom stereocenters. The van der Waals surface area contributed by atoms with Gasteiger partial charge in [0.1, 0.15) is 4.83 Å². The topological polar surface area (TPSA) is 52.3 Å². The van der Waals surface area contributed by atoms with Crippen molar-refractivity contribution < 1.29 is 4.74 Å². The monoisotopic (exact) mass is 510 g/mol. The van der Waals surface area contributed by atoms with Crippen LogP contribution in [0.2, 0.25) is 10.0 Å². The second kappa shape index (κ2) is 8.39. The SMILES string of the molecule is CC[C@]1(C)Cc2c(sc3nc(SC)n4c(SCc5ccc(Cl)cc5Cl)nnc4c23)CO1. The highest BCUT2D eigenvalue weighted by Crippen LogP contribution is 2.42. The molecule has 31 heavy (non-hydrogen) atoms. The lowest BCUT2D eigenvalue weighted by molar-refractivity contribution is -0.0542. The molecule has 1 aromatic carbocycles. The smallest absolute Gasteiger partial charge is 0.198 e. The Bertz CT molecular complexity index is 1310. The zero-order valence-electron chi connectivity index (χ0n) is 17.2. The van der Waals surface area contributed by atoms with Crippen molar-refractivity contribution in [3.8, 4) is 0 Å². The minimum absolute atomic E-state index is 0.154. The van der Waals surface area contributed by atoms with Crippen LogP contribution < -0.4 is 0 Å². The summed E-state index contributed by atoms with van der Waals surface area (Å²) in [6.07, 6.45) is 3.86. The number of thioether (sulfide) groups is 2. The maximum atomic E-state index is 6.36. The van der Waals surface area contributed by atoms with E-state index in [9.17, 15) is 0 Å². The molecule has 4 aromatic rings. The standard InChI is InChI=1S/C21H20Cl2N4OS3/c1-4-21(2)8-13-15(9-28-21)31-18-16(13)17-25-26-20(27(17)19(24-18)29-3)30-10-11-5-6-12(22)7-14(11)23/h5-7H,4,8-10H2,1-3H3/t21-/m1/s1. The summed E-state index contributed by atoms with van der Waals surface area (Å²) in [5, 5.41) is 13.2. The number of halogens is 2. The lowest BCUT2D eigenvalue weighted by Gasteiger charge is -2.32. The lowest BCUT2D eigenvalue weighted by Crippen LogP contribution is -2.33. The van der Waals surface area contributed by atoms with Crippen LogP contribution in [0.1, 0.15) is 36.3 Å². The van der Waals surface area contributed by atoms with Crippen LogP contribution in [0.5, 0.6) is 0 Å². The van der Waals surface area contributed by atoms with Crippen LogP contribution in [-0.4, -0.2) is 31.4 Å². The van der Waals surface area contributed by atoms with Gasteiger partial charge in [-0.2, -0.15) is 0 Å². The minimum atomic E-state index is -0.154. The third-order valence-corrected chi connectivity index (χ3v) is 9.03. The molecule has 0 amide bonds. The van der Waals surface area contributed by atoms with Gasteiger partial charge in [-0.1, -0.05) is 59.7 Å². The highest BCUT2D eigenvalue weighted by molar-refractivity contribution is 7.99. The van der Waals surface area contributed by atoms with Crippen LogP contribution in [0.3, 0.4) is 0 Å². The summed E-state index contributed by atoms with van der Waals surface area (Å²) in [5.41, 5.74) is 3.04. The maximum absolute atomic E-state index is 6.36. The van der Waals surface area contributed by atoms with E-state index in [1.807, 2.05) is 18.4 Å². The highest BCUT2D eigenvalue weighted by Gasteiger charge is 2.33. The molecule has 0 aliphatic carbocycles. The summed E-state index contributed by atoms with van der Waals surface area (Å²) >= 11 is 17.3. The molecule has 5 rings (SSSR count). The highest BCUT2D eigenvalue weighted by atomic mass is 35.5. The van der Waals surface area contributed by atoms with E-state index in [4.69, 9.17) is 32.9 Å². The van der Waals surface area contributed by atoms with Crippen molar-refractivity contribution >= 4 is 73.9 Å². The van der Waals surface area contributed by atoms with Crippen molar-refractivity contribution in [3.05, 3.63) is 44.2 Å². The second-order valence-corrected chi connectivity index (χ2v) is 11.4. The number of rotatable bonds is 5. The molecule has 0 saturated carbocycles. The largest absolute Gasteiger partial charge is 0.369 e. The van der Waals surface area contributed by atoms with Gasteiger partial charge in [-0.25, -0.2) is 9.38 Å². The molecule has 162 valence electrons. The van der Waals surface area contributed by atoms with Crippen LogP contribution >= 0.6 is 58.1 Å². The van der Waals surface area contributed by atoms with E-state index >= 15 is 0 Å². The number of nitrogens with zero attached hydrogens (tertiary/aromatic N) is 4. The summed E-state index contributed by atoms with van der Waals surface area (Å²) < 4.78 is 8.24. The Morgan fingerprint density at radius 2 is 2.10 bits per heavy atom. The molecular formula is C21H20Cl2N4OS3. The van der Waals surface area contributed by atoms with Gasteiger partial charge in [0.2, 0.25) is 0 Å². The predicted molar refractivity (Wildman–Crippen MR) is 131 cm³/mol. The van der Waals surface area contributed by atoms with Crippen LogP contribution in [0.4, 0.5) is 0 Å². The van der Waals surface area contributed by atoms with Crippen molar-refractivity contribution in [2.45, 2.75) is 55.0 Å². The van der Waals surface area contributed by atoms with Gasteiger partial charge in [0.05, 0.1) is 17.6 Å². The average Bonchev–Trinajstić information content (AvgIpc) is 3.33. The van der Waals surface area contributed by atoms with Crippen LogP contribution in [0.15, 0.2) is 28.5 Å². The summed E-state index contributed by atoms with van der Waals surface area (Å²) in [4.78, 5) is 7.23. The third-order valence-electron chi connectivity index (χ3n) is 5.72. The van der Waals surface area contributed by atoms with Gasteiger partial charge in [0.25, 0.3) is 0 Å². The molecule has 0 spiro atoms. The Morgan fingerprint density at radius 1 is 1.26 bits per heavy atom. The molecular weight excluding hydrogens is 491 g/mol. The Labute approximate surface area is 202 Å². The molecule has 1 aliphatic rings.